The first-order valence-electron chi connectivity index (χ1n) is 7.59. The van der Waals surface area contributed by atoms with E-state index in [1.165, 1.54) is 25.6 Å². The Hall–Kier alpha value is -2.70. The normalized spacial score (nSPS) is 10.5. The van der Waals surface area contributed by atoms with Gasteiger partial charge in [0.2, 0.25) is 5.78 Å². The zero-order chi connectivity index (χ0) is 17.8. The Kier molecular flexibility index (Phi) is 5.11. The minimum absolute atomic E-state index is 0.228. The van der Waals surface area contributed by atoms with E-state index in [2.05, 4.69) is 4.98 Å². The Morgan fingerprint density at radius 2 is 1.92 bits per heavy atom. The van der Waals surface area contributed by atoms with E-state index in [0.29, 0.717) is 28.3 Å². The summed E-state index contributed by atoms with van der Waals surface area (Å²) in [5.41, 5.74) is 2.21. The van der Waals surface area contributed by atoms with Gasteiger partial charge in [-0.3, -0.25) is 4.79 Å². The van der Waals surface area contributed by atoms with Crippen molar-refractivity contribution >= 4 is 17.1 Å². The maximum Gasteiger partial charge on any atom is 0.212 e. The van der Waals surface area contributed by atoms with E-state index >= 15 is 0 Å². The molecule has 0 atom stereocenters. The molecule has 0 spiro atoms. The van der Waals surface area contributed by atoms with Crippen molar-refractivity contribution in [3.05, 3.63) is 64.7 Å². The van der Waals surface area contributed by atoms with Crippen molar-refractivity contribution in [1.82, 2.24) is 4.98 Å². The molecule has 6 heteroatoms. The van der Waals surface area contributed by atoms with Crippen LogP contribution in [0.15, 0.2) is 47.8 Å². The lowest BCUT2D eigenvalue weighted by molar-refractivity contribution is 0.103. The predicted octanol–water partition coefficient (Wildman–Crippen LogP) is 3.55. The molecule has 0 aliphatic heterocycles. The van der Waals surface area contributed by atoms with Gasteiger partial charge in [0, 0.05) is 22.1 Å². The van der Waals surface area contributed by atoms with Gasteiger partial charge in [-0.25, -0.2) is 4.98 Å². The van der Waals surface area contributed by atoms with Gasteiger partial charge in [0.25, 0.3) is 0 Å². The molecule has 3 rings (SSSR count). The topological polar surface area (TPSA) is 68.7 Å². The summed E-state index contributed by atoms with van der Waals surface area (Å²) in [5, 5.41) is 12.1. The maximum absolute atomic E-state index is 12.8. The molecule has 0 aliphatic carbocycles. The average molecular weight is 355 g/mol. The highest BCUT2D eigenvalue weighted by Crippen LogP contribution is 2.34. The molecule has 0 saturated heterocycles. The minimum Gasteiger partial charge on any atom is -0.493 e. The third kappa shape index (κ3) is 3.40. The molecule has 1 aromatic heterocycles. The summed E-state index contributed by atoms with van der Waals surface area (Å²) in [4.78, 5) is 17.2. The van der Waals surface area contributed by atoms with E-state index in [1.54, 1.807) is 17.5 Å². The zero-order valence-electron chi connectivity index (χ0n) is 13.9. The highest BCUT2D eigenvalue weighted by atomic mass is 32.1. The van der Waals surface area contributed by atoms with Crippen molar-refractivity contribution in [3.63, 3.8) is 0 Å². The van der Waals surface area contributed by atoms with Crippen LogP contribution in [0.3, 0.4) is 0 Å². The van der Waals surface area contributed by atoms with Gasteiger partial charge in [-0.05, 0) is 12.1 Å². The molecule has 0 fully saturated rings. The Morgan fingerprint density at radius 1 is 1.16 bits per heavy atom. The summed E-state index contributed by atoms with van der Waals surface area (Å²) in [6, 6.07) is 12.9. The number of methoxy groups -OCH3 is 2. The van der Waals surface area contributed by atoms with Gasteiger partial charge in [0.15, 0.2) is 11.5 Å². The van der Waals surface area contributed by atoms with Crippen LogP contribution in [0.1, 0.15) is 21.6 Å². The van der Waals surface area contributed by atoms with Crippen molar-refractivity contribution in [3.8, 4) is 22.1 Å². The van der Waals surface area contributed by atoms with E-state index < -0.39 is 0 Å². The number of benzene rings is 2. The van der Waals surface area contributed by atoms with Crippen molar-refractivity contribution < 1.29 is 19.4 Å². The maximum atomic E-state index is 12.8. The number of rotatable bonds is 6. The fourth-order valence-electron chi connectivity index (χ4n) is 2.53. The number of carbonyl (C=O) groups is 1. The fraction of sp³-hybridized carbons (Fsp3) is 0.158. The summed E-state index contributed by atoms with van der Waals surface area (Å²) >= 11 is 1.42. The van der Waals surface area contributed by atoms with E-state index in [4.69, 9.17) is 9.47 Å². The smallest absolute Gasteiger partial charge is 0.212 e. The standard InChI is InChI=1S/C19H17NO4S/c1-23-16-9-13(8-14(10-21)18(16)24-2)17(22)15-11-25-19(20-15)12-6-4-3-5-7-12/h3-9,11,21H,10H2,1-2H3. The molecule has 25 heavy (non-hydrogen) atoms. The van der Waals surface area contributed by atoms with Gasteiger partial charge < -0.3 is 14.6 Å². The summed E-state index contributed by atoms with van der Waals surface area (Å²) < 4.78 is 10.5. The molecule has 0 unspecified atom stereocenters. The van der Waals surface area contributed by atoms with Gasteiger partial charge in [-0.15, -0.1) is 11.3 Å². The van der Waals surface area contributed by atoms with Crippen LogP contribution in [0.2, 0.25) is 0 Å². The van der Waals surface area contributed by atoms with Crippen molar-refractivity contribution in [2.24, 2.45) is 0 Å². The molecular weight excluding hydrogens is 338 g/mol. The summed E-state index contributed by atoms with van der Waals surface area (Å²) in [6.07, 6.45) is 0. The monoisotopic (exact) mass is 355 g/mol. The Balaban J connectivity index is 1.97. The quantitative estimate of drug-likeness (QED) is 0.685. The number of aromatic nitrogens is 1. The van der Waals surface area contributed by atoms with Crippen LogP contribution in [0.5, 0.6) is 11.5 Å². The minimum atomic E-state index is -0.257. The Morgan fingerprint density at radius 3 is 2.56 bits per heavy atom. The predicted molar refractivity (Wildman–Crippen MR) is 96.5 cm³/mol. The lowest BCUT2D eigenvalue weighted by Gasteiger charge is -2.13. The third-order valence-corrected chi connectivity index (χ3v) is 4.64. The van der Waals surface area contributed by atoms with Crippen LogP contribution in [0, 0.1) is 0 Å². The molecule has 0 amide bonds. The number of ether oxygens (including phenoxy) is 2. The van der Waals surface area contributed by atoms with Gasteiger partial charge >= 0.3 is 0 Å². The molecule has 3 aromatic rings. The summed E-state index contributed by atoms with van der Waals surface area (Å²) in [5.74, 6) is 0.592. The molecule has 0 saturated carbocycles. The number of aliphatic hydroxyl groups is 1. The number of hydrogen-bond acceptors (Lipinski definition) is 6. The first kappa shape index (κ1) is 17.1. The Bertz CT molecular complexity index is 864. The first-order chi connectivity index (χ1) is 12.2. The van der Waals surface area contributed by atoms with Crippen molar-refractivity contribution in [2.75, 3.05) is 14.2 Å². The van der Waals surface area contributed by atoms with Gasteiger partial charge in [-0.1, -0.05) is 30.3 Å². The molecule has 2 aromatic carbocycles. The fourth-order valence-corrected chi connectivity index (χ4v) is 3.34. The van der Waals surface area contributed by atoms with Crippen LogP contribution in [-0.4, -0.2) is 30.1 Å². The zero-order valence-corrected chi connectivity index (χ0v) is 14.7. The number of thiazole rings is 1. The largest absolute Gasteiger partial charge is 0.493 e. The lowest BCUT2D eigenvalue weighted by Crippen LogP contribution is -2.05. The summed E-state index contributed by atoms with van der Waals surface area (Å²) in [7, 11) is 2.98. The molecule has 0 radical (unpaired) electrons. The SMILES string of the molecule is COc1cc(C(=O)c2csc(-c3ccccc3)n2)cc(CO)c1OC. The Labute approximate surface area is 149 Å². The lowest BCUT2D eigenvalue weighted by atomic mass is 10.0. The summed E-state index contributed by atoms with van der Waals surface area (Å²) in [6.45, 7) is -0.257. The first-order valence-corrected chi connectivity index (χ1v) is 8.47. The van der Waals surface area contributed by atoms with Crippen LogP contribution in [-0.2, 0) is 6.61 Å². The van der Waals surface area contributed by atoms with Gasteiger partial charge in [-0.2, -0.15) is 0 Å². The number of carbonyl (C=O) groups excluding carboxylic acids is 1. The van der Waals surface area contributed by atoms with Crippen LogP contribution in [0.4, 0.5) is 0 Å². The molecular formula is C19H17NO4S. The van der Waals surface area contributed by atoms with E-state index in [-0.39, 0.29) is 12.4 Å². The van der Waals surface area contributed by atoms with Gasteiger partial charge in [0.1, 0.15) is 10.7 Å². The second kappa shape index (κ2) is 7.46. The van der Waals surface area contributed by atoms with Crippen LogP contribution >= 0.6 is 11.3 Å². The second-order valence-electron chi connectivity index (χ2n) is 5.26. The van der Waals surface area contributed by atoms with E-state index in [9.17, 15) is 9.90 Å². The third-order valence-electron chi connectivity index (χ3n) is 3.75. The molecule has 0 aliphatic rings. The number of ketones is 1. The van der Waals surface area contributed by atoms with E-state index in [0.717, 1.165) is 10.6 Å². The number of aliphatic hydroxyl groups excluding tert-OH is 1. The van der Waals surface area contributed by atoms with Crippen molar-refractivity contribution in [2.45, 2.75) is 6.61 Å². The molecule has 128 valence electrons. The highest BCUT2D eigenvalue weighted by molar-refractivity contribution is 7.13. The average Bonchev–Trinajstić information content (AvgIpc) is 3.17. The number of hydrogen-bond donors (Lipinski definition) is 1. The van der Waals surface area contributed by atoms with Gasteiger partial charge in [0.05, 0.1) is 20.8 Å². The molecule has 1 heterocycles. The highest BCUT2D eigenvalue weighted by Gasteiger charge is 2.19. The molecule has 5 nitrogen and oxygen atoms in total. The van der Waals surface area contributed by atoms with Crippen LogP contribution in [0.25, 0.3) is 10.6 Å². The molecule has 1 N–H and O–H groups in total. The molecule has 0 bridgehead atoms. The van der Waals surface area contributed by atoms with Crippen molar-refractivity contribution in [1.29, 1.82) is 0 Å². The second-order valence-corrected chi connectivity index (χ2v) is 6.12. The van der Waals surface area contributed by atoms with Crippen LogP contribution < -0.4 is 9.47 Å². The van der Waals surface area contributed by atoms with E-state index in [1.807, 2.05) is 30.3 Å². The number of nitrogens with zero attached hydrogens (tertiary/aromatic N) is 1.